The summed E-state index contributed by atoms with van der Waals surface area (Å²) in [4.78, 5) is 30.9. The Balaban J connectivity index is 1.47. The molecule has 1 amide bonds. The molecule has 7 heteroatoms. The van der Waals surface area contributed by atoms with Crippen molar-refractivity contribution in [2.24, 2.45) is 11.8 Å². The van der Waals surface area contributed by atoms with Crippen LogP contribution in [-0.4, -0.2) is 35.0 Å². The van der Waals surface area contributed by atoms with Gasteiger partial charge in [-0.15, -0.1) is 0 Å². The normalized spacial score (nSPS) is 19.4. The highest BCUT2D eigenvalue weighted by Crippen LogP contribution is 2.32. The molecule has 1 saturated carbocycles. The smallest absolute Gasteiger partial charge is 0.229 e. The van der Waals surface area contributed by atoms with E-state index in [0.29, 0.717) is 23.0 Å². The van der Waals surface area contributed by atoms with E-state index in [1.807, 2.05) is 12.3 Å². The summed E-state index contributed by atoms with van der Waals surface area (Å²) in [7, 11) is 0. The lowest BCUT2D eigenvalue weighted by atomic mass is 9.78. The van der Waals surface area contributed by atoms with Gasteiger partial charge >= 0.3 is 0 Å². The van der Waals surface area contributed by atoms with Crippen LogP contribution in [0.2, 0.25) is 0 Å². The molecule has 0 radical (unpaired) electrons. The van der Waals surface area contributed by atoms with Crippen molar-refractivity contribution >= 4 is 17.5 Å². The molecule has 2 fully saturated rings. The lowest BCUT2D eigenvalue weighted by Gasteiger charge is -2.27. The SMILES string of the molecule is Cc1nocc1C(=O)CC(C(=O)Nc1ccc(C2CCOCC2)cn1)C1CCCCCCC1. The van der Waals surface area contributed by atoms with Crippen LogP contribution in [0.5, 0.6) is 0 Å². The van der Waals surface area contributed by atoms with Gasteiger partial charge in [-0.25, -0.2) is 4.98 Å². The van der Waals surface area contributed by atoms with Crippen LogP contribution in [0, 0.1) is 18.8 Å². The summed E-state index contributed by atoms with van der Waals surface area (Å²) in [6, 6.07) is 3.93. The third-order valence-corrected chi connectivity index (χ3v) is 7.24. The second kappa shape index (κ2) is 11.5. The highest BCUT2D eigenvalue weighted by atomic mass is 16.5. The third kappa shape index (κ3) is 6.28. The fourth-order valence-corrected chi connectivity index (χ4v) is 5.20. The molecule has 1 aliphatic carbocycles. The van der Waals surface area contributed by atoms with Gasteiger partial charge in [0.05, 0.1) is 11.3 Å². The summed E-state index contributed by atoms with van der Waals surface area (Å²) in [6.07, 6.45) is 13.2. The first kappa shape index (κ1) is 23.6. The number of rotatable bonds is 7. The summed E-state index contributed by atoms with van der Waals surface area (Å²) >= 11 is 0. The Hall–Kier alpha value is -2.54. The van der Waals surface area contributed by atoms with Crippen LogP contribution in [0.25, 0.3) is 0 Å². The Labute approximate surface area is 195 Å². The number of ketones is 1. The molecule has 0 spiro atoms. The van der Waals surface area contributed by atoms with Crippen LogP contribution in [-0.2, 0) is 9.53 Å². The number of carbonyl (C=O) groups excluding carboxylic acids is 2. The predicted molar refractivity (Wildman–Crippen MR) is 125 cm³/mol. The van der Waals surface area contributed by atoms with Gasteiger partial charge in [0.25, 0.3) is 0 Å². The molecule has 1 unspecified atom stereocenters. The van der Waals surface area contributed by atoms with Gasteiger partial charge in [-0.2, -0.15) is 0 Å². The van der Waals surface area contributed by atoms with Gasteiger partial charge in [-0.3, -0.25) is 9.59 Å². The Morgan fingerprint density at radius 2 is 1.79 bits per heavy atom. The van der Waals surface area contributed by atoms with E-state index >= 15 is 0 Å². The maximum absolute atomic E-state index is 13.4. The van der Waals surface area contributed by atoms with Crippen LogP contribution in [0.4, 0.5) is 5.82 Å². The molecule has 7 nitrogen and oxygen atoms in total. The Kier molecular flexibility index (Phi) is 8.26. The minimum Gasteiger partial charge on any atom is -0.381 e. The highest BCUT2D eigenvalue weighted by Gasteiger charge is 2.32. The lowest BCUT2D eigenvalue weighted by Crippen LogP contribution is -2.32. The molecular formula is C26H35N3O4. The van der Waals surface area contributed by atoms with Gasteiger partial charge in [-0.1, -0.05) is 43.3 Å². The van der Waals surface area contributed by atoms with E-state index in [4.69, 9.17) is 9.26 Å². The summed E-state index contributed by atoms with van der Waals surface area (Å²) < 4.78 is 10.4. The van der Waals surface area contributed by atoms with E-state index in [1.54, 1.807) is 6.92 Å². The number of amides is 1. The molecule has 1 N–H and O–H groups in total. The first-order valence-electron chi connectivity index (χ1n) is 12.4. The molecule has 0 aromatic carbocycles. The summed E-state index contributed by atoms with van der Waals surface area (Å²) in [5.41, 5.74) is 2.23. The summed E-state index contributed by atoms with van der Waals surface area (Å²) in [6.45, 7) is 3.32. The molecule has 2 aliphatic rings. The fraction of sp³-hybridized carbons (Fsp3) is 0.615. The first-order valence-corrected chi connectivity index (χ1v) is 12.4. The average molecular weight is 454 g/mol. The van der Waals surface area contributed by atoms with Gasteiger partial charge in [0, 0.05) is 31.7 Å². The van der Waals surface area contributed by atoms with Crippen molar-refractivity contribution in [3.63, 3.8) is 0 Å². The Morgan fingerprint density at radius 3 is 2.42 bits per heavy atom. The molecule has 4 rings (SSSR count). The number of hydrogen-bond donors (Lipinski definition) is 1. The van der Waals surface area contributed by atoms with E-state index in [-0.39, 0.29) is 29.9 Å². The highest BCUT2D eigenvalue weighted by molar-refractivity contribution is 6.01. The van der Waals surface area contributed by atoms with Crippen molar-refractivity contribution < 1.29 is 18.8 Å². The van der Waals surface area contributed by atoms with Gasteiger partial charge in [0.1, 0.15) is 12.1 Å². The molecule has 33 heavy (non-hydrogen) atoms. The quantitative estimate of drug-likeness (QED) is 0.560. The maximum atomic E-state index is 13.4. The molecule has 2 aromatic rings. The van der Waals surface area contributed by atoms with Crippen molar-refractivity contribution in [2.45, 2.75) is 77.0 Å². The van der Waals surface area contributed by atoms with Gasteiger partial charge in [-0.05, 0) is 56.1 Å². The van der Waals surface area contributed by atoms with Crippen LogP contribution in [0.3, 0.4) is 0 Å². The van der Waals surface area contributed by atoms with Crippen LogP contribution in [0.15, 0.2) is 29.1 Å². The summed E-state index contributed by atoms with van der Waals surface area (Å²) in [5, 5.41) is 6.83. The molecule has 1 aliphatic heterocycles. The van der Waals surface area contributed by atoms with Gasteiger partial charge in [0.2, 0.25) is 5.91 Å². The molecule has 2 aromatic heterocycles. The fourth-order valence-electron chi connectivity index (χ4n) is 5.20. The minimum absolute atomic E-state index is 0.0845. The van der Waals surface area contributed by atoms with Crippen molar-refractivity contribution in [3.8, 4) is 0 Å². The van der Waals surface area contributed by atoms with Crippen molar-refractivity contribution in [1.82, 2.24) is 10.1 Å². The van der Waals surface area contributed by atoms with Crippen molar-refractivity contribution in [2.75, 3.05) is 18.5 Å². The number of pyridine rings is 1. The largest absolute Gasteiger partial charge is 0.381 e. The maximum Gasteiger partial charge on any atom is 0.229 e. The second-order valence-corrected chi connectivity index (χ2v) is 9.51. The van der Waals surface area contributed by atoms with E-state index in [1.165, 1.54) is 31.1 Å². The number of nitrogens with zero attached hydrogens (tertiary/aromatic N) is 2. The van der Waals surface area contributed by atoms with Crippen molar-refractivity contribution in [1.29, 1.82) is 0 Å². The minimum atomic E-state index is -0.387. The number of anilines is 1. The zero-order valence-corrected chi connectivity index (χ0v) is 19.6. The molecule has 1 atom stereocenters. The van der Waals surface area contributed by atoms with E-state index < -0.39 is 0 Å². The first-order chi connectivity index (χ1) is 16.1. The average Bonchev–Trinajstić information content (AvgIpc) is 3.25. The number of nitrogens with one attached hydrogen (secondary N) is 1. The topological polar surface area (TPSA) is 94.3 Å². The van der Waals surface area contributed by atoms with Crippen LogP contribution < -0.4 is 5.32 Å². The molecule has 0 bridgehead atoms. The lowest BCUT2D eigenvalue weighted by molar-refractivity contribution is -0.121. The molecule has 3 heterocycles. The number of carbonyl (C=O) groups is 2. The zero-order valence-electron chi connectivity index (χ0n) is 19.6. The number of hydrogen-bond acceptors (Lipinski definition) is 6. The van der Waals surface area contributed by atoms with Gasteiger partial charge < -0.3 is 14.6 Å². The van der Waals surface area contributed by atoms with E-state index in [0.717, 1.165) is 51.7 Å². The summed E-state index contributed by atoms with van der Waals surface area (Å²) in [5.74, 6) is 0.606. The molecule has 1 saturated heterocycles. The predicted octanol–water partition coefficient (Wildman–Crippen LogP) is 5.46. The number of aryl methyl sites for hydroxylation is 1. The van der Waals surface area contributed by atoms with E-state index in [2.05, 4.69) is 21.5 Å². The second-order valence-electron chi connectivity index (χ2n) is 9.51. The third-order valence-electron chi connectivity index (χ3n) is 7.24. The van der Waals surface area contributed by atoms with Crippen molar-refractivity contribution in [3.05, 3.63) is 41.4 Å². The Bertz CT molecular complexity index is 910. The monoisotopic (exact) mass is 453 g/mol. The van der Waals surface area contributed by atoms with E-state index in [9.17, 15) is 9.59 Å². The number of aromatic nitrogens is 2. The standard InChI is InChI=1S/C26H35N3O4/c1-18-23(17-33-29-18)24(30)15-22(20-7-5-3-2-4-6-8-20)26(31)28-25-10-9-21(16-27-25)19-11-13-32-14-12-19/h9-10,16-17,19-20,22H,2-8,11-15H2,1H3,(H,27,28,31). The molecular weight excluding hydrogens is 418 g/mol. The Morgan fingerprint density at radius 1 is 1.06 bits per heavy atom. The van der Waals surface area contributed by atoms with Crippen LogP contribution >= 0.6 is 0 Å². The number of Topliss-reactive ketones (excluding diaryl/α,β-unsaturated/α-hetero) is 1. The van der Waals surface area contributed by atoms with Gasteiger partial charge in [0.15, 0.2) is 5.78 Å². The zero-order chi connectivity index (χ0) is 23.0. The van der Waals surface area contributed by atoms with Crippen LogP contribution in [0.1, 0.15) is 91.7 Å². The number of ether oxygens (including phenoxy) is 1. The molecule has 178 valence electrons.